The first-order valence-corrected chi connectivity index (χ1v) is 7.54. The van der Waals surface area contributed by atoms with Gasteiger partial charge in [0, 0.05) is 22.2 Å². The minimum absolute atomic E-state index is 0.0393. The van der Waals surface area contributed by atoms with Gasteiger partial charge in [0.1, 0.15) is 6.07 Å². The summed E-state index contributed by atoms with van der Waals surface area (Å²) < 4.78 is 0. The molecule has 0 bridgehead atoms. The summed E-state index contributed by atoms with van der Waals surface area (Å²) in [6.45, 7) is 6.47. The van der Waals surface area contributed by atoms with E-state index in [-0.39, 0.29) is 5.54 Å². The van der Waals surface area contributed by atoms with Crippen molar-refractivity contribution in [3.63, 3.8) is 0 Å². The van der Waals surface area contributed by atoms with Gasteiger partial charge in [-0.2, -0.15) is 16.6 Å². The maximum atomic E-state index is 9.25. The molecule has 20 heavy (non-hydrogen) atoms. The second kappa shape index (κ2) is 4.50. The van der Waals surface area contributed by atoms with Crippen LogP contribution < -0.4 is 5.32 Å². The summed E-state index contributed by atoms with van der Waals surface area (Å²) in [6, 6.07) is 8.54. The van der Waals surface area contributed by atoms with Crippen LogP contribution in [0.15, 0.2) is 35.0 Å². The van der Waals surface area contributed by atoms with Gasteiger partial charge in [-0.1, -0.05) is 18.2 Å². The predicted octanol–water partition coefficient (Wildman–Crippen LogP) is 4.89. The molecule has 0 saturated carbocycles. The molecule has 3 rings (SSSR count). The zero-order valence-electron chi connectivity index (χ0n) is 11.8. The second-order valence-electron chi connectivity index (χ2n) is 5.71. The number of nitrogens with zero attached hydrogens (tertiary/aromatic N) is 1. The summed E-state index contributed by atoms with van der Waals surface area (Å²) in [6.07, 6.45) is 2.25. The summed E-state index contributed by atoms with van der Waals surface area (Å²) >= 11 is 1.57. The highest BCUT2D eigenvalue weighted by Crippen LogP contribution is 2.41. The van der Waals surface area contributed by atoms with Crippen molar-refractivity contribution in [3.8, 4) is 17.2 Å². The monoisotopic (exact) mass is 280 g/mol. The highest BCUT2D eigenvalue weighted by molar-refractivity contribution is 7.08. The molecule has 0 unspecified atom stereocenters. The number of hydrogen-bond donors (Lipinski definition) is 1. The van der Waals surface area contributed by atoms with Crippen LogP contribution in [0.25, 0.3) is 16.7 Å². The molecule has 0 aliphatic carbocycles. The van der Waals surface area contributed by atoms with E-state index in [2.05, 4.69) is 61.8 Å². The predicted molar refractivity (Wildman–Crippen MR) is 85.8 cm³/mol. The Morgan fingerprint density at radius 3 is 2.75 bits per heavy atom. The zero-order chi connectivity index (χ0) is 14.3. The van der Waals surface area contributed by atoms with Gasteiger partial charge in [0.05, 0.1) is 11.1 Å². The number of anilines is 1. The van der Waals surface area contributed by atoms with Crippen molar-refractivity contribution in [2.75, 3.05) is 5.32 Å². The standard InChI is InChI=1S/C17H16N2S/c1-11-7-17(2,3)19-15-6-4-5-13(16(11)15)14-10-20-9-12(14)8-18/h4-7,9-10,19H,1-3H3. The maximum absolute atomic E-state index is 9.25. The number of thiophene rings is 1. The van der Waals surface area contributed by atoms with E-state index < -0.39 is 0 Å². The van der Waals surface area contributed by atoms with E-state index in [4.69, 9.17) is 0 Å². The Balaban J connectivity index is 2.25. The first kappa shape index (κ1) is 13.0. The van der Waals surface area contributed by atoms with Crippen LogP contribution in [0.4, 0.5) is 5.69 Å². The molecule has 0 spiro atoms. The first-order valence-electron chi connectivity index (χ1n) is 6.59. The van der Waals surface area contributed by atoms with Crippen LogP contribution >= 0.6 is 11.3 Å². The van der Waals surface area contributed by atoms with Crippen LogP contribution in [-0.2, 0) is 0 Å². The number of allylic oxidation sites excluding steroid dienone is 1. The molecule has 3 heteroatoms. The molecular weight excluding hydrogens is 264 g/mol. The lowest BCUT2D eigenvalue weighted by Gasteiger charge is -2.32. The Kier molecular flexibility index (Phi) is 2.92. The highest BCUT2D eigenvalue weighted by atomic mass is 32.1. The molecule has 2 aromatic rings. The first-order chi connectivity index (χ1) is 9.52. The van der Waals surface area contributed by atoms with E-state index in [1.165, 1.54) is 11.1 Å². The van der Waals surface area contributed by atoms with Crippen molar-refractivity contribution in [3.05, 3.63) is 46.2 Å². The minimum atomic E-state index is -0.0393. The molecule has 2 nitrogen and oxygen atoms in total. The van der Waals surface area contributed by atoms with E-state index >= 15 is 0 Å². The van der Waals surface area contributed by atoms with Crippen molar-refractivity contribution in [1.82, 2.24) is 0 Å². The van der Waals surface area contributed by atoms with Gasteiger partial charge >= 0.3 is 0 Å². The number of nitriles is 1. The van der Waals surface area contributed by atoms with Gasteiger partial charge in [-0.05, 0) is 43.4 Å². The molecule has 0 saturated heterocycles. The van der Waals surface area contributed by atoms with Gasteiger partial charge in [0.2, 0.25) is 0 Å². The molecule has 0 atom stereocenters. The molecule has 0 radical (unpaired) electrons. The lowest BCUT2D eigenvalue weighted by atomic mass is 9.86. The van der Waals surface area contributed by atoms with Crippen molar-refractivity contribution < 1.29 is 0 Å². The smallest absolute Gasteiger partial charge is 0.101 e. The van der Waals surface area contributed by atoms with E-state index in [1.54, 1.807) is 11.3 Å². The molecule has 1 aromatic heterocycles. The van der Waals surface area contributed by atoms with E-state index in [0.717, 1.165) is 22.4 Å². The maximum Gasteiger partial charge on any atom is 0.101 e. The molecule has 0 amide bonds. The van der Waals surface area contributed by atoms with Gasteiger partial charge in [-0.3, -0.25) is 0 Å². The summed E-state index contributed by atoms with van der Waals surface area (Å²) in [5.41, 5.74) is 6.49. The Labute approximate surface area is 123 Å². The van der Waals surface area contributed by atoms with Crippen LogP contribution in [-0.4, -0.2) is 5.54 Å². The molecule has 1 aromatic carbocycles. The van der Waals surface area contributed by atoms with Gasteiger partial charge in [0.25, 0.3) is 0 Å². The molecule has 1 aliphatic rings. The van der Waals surface area contributed by atoms with Crippen LogP contribution in [0, 0.1) is 11.3 Å². The zero-order valence-corrected chi connectivity index (χ0v) is 12.6. The summed E-state index contributed by atoms with van der Waals surface area (Å²) in [5.74, 6) is 0. The van der Waals surface area contributed by atoms with Crippen LogP contribution in [0.2, 0.25) is 0 Å². The number of benzene rings is 1. The number of fused-ring (bicyclic) bond motifs is 1. The van der Waals surface area contributed by atoms with Crippen LogP contribution in [0.3, 0.4) is 0 Å². The molecule has 100 valence electrons. The fraction of sp³-hybridized carbons (Fsp3) is 0.235. The van der Waals surface area contributed by atoms with Gasteiger partial charge in [-0.25, -0.2) is 0 Å². The highest BCUT2D eigenvalue weighted by Gasteiger charge is 2.25. The SMILES string of the molecule is CC1=CC(C)(C)Nc2cccc(-c3cscc3C#N)c21. The summed E-state index contributed by atoms with van der Waals surface area (Å²) in [5, 5.41) is 16.8. The van der Waals surface area contributed by atoms with Gasteiger partial charge in [-0.15, -0.1) is 0 Å². The van der Waals surface area contributed by atoms with Gasteiger partial charge < -0.3 is 5.32 Å². The van der Waals surface area contributed by atoms with Crippen molar-refractivity contribution >= 4 is 22.6 Å². The Hall–Kier alpha value is -2.05. The lowest BCUT2D eigenvalue weighted by Crippen LogP contribution is -2.31. The van der Waals surface area contributed by atoms with Crippen LogP contribution in [0.1, 0.15) is 31.9 Å². The quantitative estimate of drug-likeness (QED) is 0.807. The molecule has 0 fully saturated rings. The fourth-order valence-electron chi connectivity index (χ4n) is 2.89. The third kappa shape index (κ3) is 2.03. The number of rotatable bonds is 1. The largest absolute Gasteiger partial charge is 0.376 e. The minimum Gasteiger partial charge on any atom is -0.376 e. The number of hydrogen-bond acceptors (Lipinski definition) is 3. The van der Waals surface area contributed by atoms with E-state index in [9.17, 15) is 5.26 Å². The van der Waals surface area contributed by atoms with Crippen molar-refractivity contribution in [1.29, 1.82) is 5.26 Å². The third-order valence-electron chi connectivity index (χ3n) is 3.57. The summed E-state index contributed by atoms with van der Waals surface area (Å²) in [4.78, 5) is 0. The van der Waals surface area contributed by atoms with Crippen molar-refractivity contribution in [2.24, 2.45) is 0 Å². The average Bonchev–Trinajstić information content (AvgIpc) is 2.84. The second-order valence-corrected chi connectivity index (χ2v) is 6.46. The fourth-order valence-corrected chi connectivity index (χ4v) is 3.67. The Morgan fingerprint density at radius 2 is 2.00 bits per heavy atom. The van der Waals surface area contributed by atoms with E-state index in [0.29, 0.717) is 0 Å². The number of nitrogens with one attached hydrogen (secondary N) is 1. The Bertz CT molecular complexity index is 745. The van der Waals surface area contributed by atoms with Crippen LogP contribution in [0.5, 0.6) is 0 Å². The third-order valence-corrected chi connectivity index (χ3v) is 4.31. The van der Waals surface area contributed by atoms with Crippen molar-refractivity contribution in [2.45, 2.75) is 26.3 Å². The Morgan fingerprint density at radius 1 is 1.20 bits per heavy atom. The lowest BCUT2D eigenvalue weighted by molar-refractivity contribution is 0.707. The van der Waals surface area contributed by atoms with Gasteiger partial charge in [0.15, 0.2) is 0 Å². The normalized spacial score (nSPS) is 15.8. The molecule has 1 N–H and O–H groups in total. The van der Waals surface area contributed by atoms with E-state index in [1.807, 2.05) is 5.38 Å². The average molecular weight is 280 g/mol. The molecule has 1 aliphatic heterocycles. The molecule has 2 heterocycles. The summed E-state index contributed by atoms with van der Waals surface area (Å²) in [7, 11) is 0. The molecular formula is C17H16N2S. The topological polar surface area (TPSA) is 35.8 Å².